The van der Waals surface area contributed by atoms with E-state index >= 15 is 0 Å². The van der Waals surface area contributed by atoms with Gasteiger partial charge in [0, 0.05) is 23.4 Å². The second kappa shape index (κ2) is 7.69. The lowest BCUT2D eigenvalue weighted by Gasteiger charge is -2.39. The highest BCUT2D eigenvalue weighted by atomic mass is 16.3. The first-order chi connectivity index (χ1) is 15.4. The summed E-state index contributed by atoms with van der Waals surface area (Å²) in [5, 5.41) is 0. The number of nitrogen functional groups attached to an aromatic ring is 1. The van der Waals surface area contributed by atoms with E-state index in [9.17, 15) is 4.79 Å². The number of anilines is 1. The van der Waals surface area contributed by atoms with E-state index < -0.39 is 0 Å². The normalized spacial score (nSPS) is 15.8. The summed E-state index contributed by atoms with van der Waals surface area (Å²) in [7, 11) is 4.38. The molecule has 0 aliphatic carbocycles. The monoisotopic (exact) mass is 430 g/mol. The summed E-state index contributed by atoms with van der Waals surface area (Å²) in [6.07, 6.45) is 4.86. The maximum Gasteiger partial charge on any atom is 0.254 e. The fourth-order valence-electron chi connectivity index (χ4n) is 3.75. The van der Waals surface area contributed by atoms with Gasteiger partial charge in [-0.05, 0) is 12.1 Å². The summed E-state index contributed by atoms with van der Waals surface area (Å²) in [5.74, 6) is 0.574. The van der Waals surface area contributed by atoms with E-state index in [0.717, 1.165) is 36.2 Å². The molecule has 0 radical (unpaired) electrons. The third-order valence-corrected chi connectivity index (χ3v) is 5.86. The average Bonchev–Trinajstić information content (AvgIpc) is 3.23. The fraction of sp³-hybridized carbons (Fsp3) is 0.261. The van der Waals surface area contributed by atoms with Gasteiger partial charge >= 0.3 is 0 Å². The predicted octanol–water partition coefficient (Wildman–Crippen LogP) is 2.46. The topological polar surface area (TPSA) is 111 Å². The number of rotatable bonds is 3. The lowest BCUT2D eigenvalue weighted by Crippen LogP contribution is -2.56. The second-order valence-corrected chi connectivity index (χ2v) is 8.60. The number of benzene rings is 1. The number of amides is 1. The number of oxazole rings is 1. The van der Waals surface area contributed by atoms with Gasteiger partial charge in [-0.1, -0.05) is 12.1 Å². The molecule has 0 unspecified atom stereocenters. The molecule has 9 heteroatoms. The molecule has 1 saturated heterocycles. The maximum absolute atomic E-state index is 12.9. The van der Waals surface area contributed by atoms with Crippen LogP contribution in [-0.2, 0) is 0 Å². The Morgan fingerprint density at radius 2 is 1.81 bits per heavy atom. The van der Waals surface area contributed by atoms with E-state index in [4.69, 9.17) is 10.2 Å². The average molecular weight is 430 g/mol. The SMILES string of the molecule is C[N+]1(C)CCN(C(=O)c2ccc(-c3cnc(N)c(-c4nc5cnccc5o4)n3)cc2)CC1. The van der Waals surface area contributed by atoms with Crippen molar-refractivity contribution in [2.75, 3.05) is 46.0 Å². The molecule has 2 N–H and O–H groups in total. The van der Waals surface area contributed by atoms with E-state index in [1.807, 2.05) is 29.2 Å². The van der Waals surface area contributed by atoms with Gasteiger partial charge in [-0.2, -0.15) is 0 Å². The quantitative estimate of drug-likeness (QED) is 0.497. The highest BCUT2D eigenvalue weighted by Gasteiger charge is 2.27. The van der Waals surface area contributed by atoms with Crippen molar-refractivity contribution in [1.29, 1.82) is 0 Å². The Balaban J connectivity index is 1.39. The van der Waals surface area contributed by atoms with Crippen LogP contribution in [0.2, 0.25) is 0 Å². The molecule has 4 heterocycles. The molecule has 4 aromatic rings. The van der Waals surface area contributed by atoms with Crippen LogP contribution >= 0.6 is 0 Å². The molecule has 0 atom stereocenters. The van der Waals surface area contributed by atoms with Crippen molar-refractivity contribution in [3.05, 3.63) is 54.5 Å². The van der Waals surface area contributed by atoms with Gasteiger partial charge in [0.2, 0.25) is 5.89 Å². The first-order valence-electron chi connectivity index (χ1n) is 10.4. The molecule has 3 aromatic heterocycles. The number of nitrogens with two attached hydrogens (primary N) is 1. The molecule has 32 heavy (non-hydrogen) atoms. The molecule has 1 amide bonds. The zero-order valence-corrected chi connectivity index (χ0v) is 18.0. The number of hydrogen-bond donors (Lipinski definition) is 1. The van der Waals surface area contributed by atoms with Crippen LogP contribution in [0.25, 0.3) is 33.9 Å². The number of piperazine rings is 1. The van der Waals surface area contributed by atoms with Crippen LogP contribution < -0.4 is 5.73 Å². The number of nitrogens with zero attached hydrogens (tertiary/aromatic N) is 6. The van der Waals surface area contributed by atoms with Crippen molar-refractivity contribution in [3.63, 3.8) is 0 Å². The number of aromatic nitrogens is 4. The van der Waals surface area contributed by atoms with Crippen LogP contribution in [0.15, 0.2) is 53.3 Å². The van der Waals surface area contributed by atoms with Gasteiger partial charge in [-0.15, -0.1) is 0 Å². The largest absolute Gasteiger partial charge is 0.434 e. The first-order valence-corrected chi connectivity index (χ1v) is 10.4. The Morgan fingerprint density at radius 1 is 1.06 bits per heavy atom. The molecule has 1 fully saturated rings. The Morgan fingerprint density at radius 3 is 2.53 bits per heavy atom. The van der Waals surface area contributed by atoms with E-state index in [2.05, 4.69) is 34.0 Å². The zero-order chi connectivity index (χ0) is 22.3. The zero-order valence-electron chi connectivity index (χ0n) is 18.0. The Bertz CT molecular complexity index is 1250. The summed E-state index contributed by atoms with van der Waals surface area (Å²) in [6.45, 7) is 3.44. The standard InChI is InChI=1S/C23H23N7O2/c1-30(2)11-9-29(10-12-30)23(31)16-5-3-15(4-6-16)17-14-26-21(24)20(27-17)22-28-18-13-25-8-7-19(18)32-22/h3-8,13-14H,9-12H2,1-2H3,(H-,24,26,28,31)/p+1. The molecule has 1 aliphatic heterocycles. The summed E-state index contributed by atoms with van der Waals surface area (Å²) < 4.78 is 6.71. The van der Waals surface area contributed by atoms with Crippen LogP contribution in [-0.4, -0.2) is 75.5 Å². The maximum atomic E-state index is 12.9. The number of carbonyl (C=O) groups is 1. The van der Waals surface area contributed by atoms with Crippen molar-refractivity contribution in [2.45, 2.75) is 0 Å². The molecule has 5 rings (SSSR count). The first kappa shape index (κ1) is 20.1. The molecule has 1 aliphatic rings. The van der Waals surface area contributed by atoms with Crippen LogP contribution in [0.5, 0.6) is 0 Å². The van der Waals surface area contributed by atoms with E-state index in [0.29, 0.717) is 28.1 Å². The number of fused-ring (bicyclic) bond motifs is 1. The molecule has 0 saturated carbocycles. The van der Waals surface area contributed by atoms with Crippen molar-refractivity contribution < 1.29 is 13.7 Å². The molecule has 0 bridgehead atoms. The van der Waals surface area contributed by atoms with E-state index in [1.54, 1.807) is 24.7 Å². The minimum absolute atomic E-state index is 0.0559. The Hall–Kier alpha value is -3.85. The summed E-state index contributed by atoms with van der Waals surface area (Å²) in [4.78, 5) is 32.2. The smallest absolute Gasteiger partial charge is 0.254 e. The van der Waals surface area contributed by atoms with Gasteiger partial charge in [0.15, 0.2) is 17.1 Å². The highest BCUT2D eigenvalue weighted by molar-refractivity contribution is 5.94. The third-order valence-electron chi connectivity index (χ3n) is 5.86. The van der Waals surface area contributed by atoms with Gasteiger partial charge < -0.3 is 19.5 Å². The molecule has 0 spiro atoms. The van der Waals surface area contributed by atoms with Gasteiger partial charge in [0.25, 0.3) is 5.91 Å². The third kappa shape index (κ3) is 3.78. The van der Waals surface area contributed by atoms with Crippen molar-refractivity contribution in [1.82, 2.24) is 24.8 Å². The molecular weight excluding hydrogens is 406 g/mol. The predicted molar refractivity (Wildman–Crippen MR) is 120 cm³/mol. The van der Waals surface area contributed by atoms with Crippen molar-refractivity contribution in [2.24, 2.45) is 0 Å². The molecule has 162 valence electrons. The van der Waals surface area contributed by atoms with Crippen molar-refractivity contribution >= 4 is 22.8 Å². The number of pyridine rings is 1. The van der Waals surface area contributed by atoms with Crippen LogP contribution in [0.3, 0.4) is 0 Å². The van der Waals surface area contributed by atoms with Gasteiger partial charge in [0.05, 0.1) is 58.4 Å². The molecular formula is C23H24N7O2+. The molecule has 1 aromatic carbocycles. The number of likely N-dealkylation sites (N-methyl/N-ethyl adjacent to an activating group) is 1. The lowest BCUT2D eigenvalue weighted by atomic mass is 10.1. The second-order valence-electron chi connectivity index (χ2n) is 8.60. The lowest BCUT2D eigenvalue weighted by molar-refractivity contribution is -0.894. The van der Waals surface area contributed by atoms with E-state index in [1.165, 1.54) is 0 Å². The van der Waals surface area contributed by atoms with Crippen molar-refractivity contribution in [3.8, 4) is 22.8 Å². The van der Waals surface area contributed by atoms with Crippen LogP contribution in [0.1, 0.15) is 10.4 Å². The van der Waals surface area contributed by atoms with Gasteiger partial charge in [-0.3, -0.25) is 9.78 Å². The summed E-state index contributed by atoms with van der Waals surface area (Å²) in [5.41, 5.74) is 9.74. The van der Waals surface area contributed by atoms with Crippen LogP contribution in [0.4, 0.5) is 5.82 Å². The molecule has 9 nitrogen and oxygen atoms in total. The highest BCUT2D eigenvalue weighted by Crippen LogP contribution is 2.28. The van der Waals surface area contributed by atoms with Gasteiger partial charge in [-0.25, -0.2) is 15.0 Å². The number of carbonyl (C=O) groups excluding carboxylic acids is 1. The Labute approximate surface area is 185 Å². The van der Waals surface area contributed by atoms with E-state index in [-0.39, 0.29) is 17.6 Å². The van der Waals surface area contributed by atoms with Crippen LogP contribution in [0, 0.1) is 0 Å². The van der Waals surface area contributed by atoms with Gasteiger partial charge in [0.1, 0.15) is 5.52 Å². The fourth-order valence-corrected chi connectivity index (χ4v) is 3.75. The Kier molecular flexibility index (Phi) is 4.82. The number of hydrogen-bond acceptors (Lipinski definition) is 7. The summed E-state index contributed by atoms with van der Waals surface area (Å²) in [6, 6.07) is 9.13. The summed E-state index contributed by atoms with van der Waals surface area (Å²) >= 11 is 0. The number of quaternary nitrogens is 1. The minimum atomic E-state index is 0.0559. The minimum Gasteiger partial charge on any atom is -0.434 e.